The Morgan fingerprint density at radius 2 is 2.15 bits per heavy atom. The molecule has 0 aromatic heterocycles. The zero-order chi connectivity index (χ0) is 14.9. The second kappa shape index (κ2) is 5.47. The van der Waals surface area contributed by atoms with Gasteiger partial charge in [0.05, 0.1) is 12.8 Å². The number of nitrogens with zero attached hydrogens (tertiary/aromatic N) is 1. The standard InChI is InChI=1S/C17H25NO2/c1-6-7-18-16-14(12(2)10-17(18,3)4)8-13(11-19)9-15(16)20-5/h8-9,11-12H,6-7,10H2,1-5H3/t12-/m1/s1. The van der Waals surface area contributed by atoms with E-state index in [0.29, 0.717) is 11.5 Å². The summed E-state index contributed by atoms with van der Waals surface area (Å²) in [5.41, 5.74) is 3.21. The van der Waals surface area contributed by atoms with Crippen molar-refractivity contribution in [1.29, 1.82) is 0 Å². The zero-order valence-corrected chi connectivity index (χ0v) is 13.2. The maximum Gasteiger partial charge on any atom is 0.150 e. The van der Waals surface area contributed by atoms with E-state index in [9.17, 15) is 4.79 Å². The number of rotatable bonds is 4. The third-order valence-corrected chi connectivity index (χ3v) is 4.27. The first kappa shape index (κ1) is 14.9. The first-order valence-electron chi connectivity index (χ1n) is 7.39. The number of fused-ring (bicyclic) bond motifs is 1. The van der Waals surface area contributed by atoms with Gasteiger partial charge in [0, 0.05) is 17.6 Å². The number of anilines is 1. The molecule has 20 heavy (non-hydrogen) atoms. The third-order valence-electron chi connectivity index (χ3n) is 4.27. The minimum atomic E-state index is 0.110. The summed E-state index contributed by atoms with van der Waals surface area (Å²) in [5.74, 6) is 1.25. The van der Waals surface area contributed by atoms with Crippen molar-refractivity contribution < 1.29 is 9.53 Å². The highest BCUT2D eigenvalue weighted by Gasteiger charge is 2.37. The van der Waals surface area contributed by atoms with Crippen LogP contribution in [0, 0.1) is 0 Å². The second-order valence-corrected chi connectivity index (χ2v) is 6.35. The molecule has 1 atom stereocenters. The minimum absolute atomic E-state index is 0.110. The Balaban J connectivity index is 2.65. The molecular formula is C17H25NO2. The number of carbonyl (C=O) groups excluding carboxylic acids is 1. The molecule has 0 N–H and O–H groups in total. The molecule has 0 spiro atoms. The van der Waals surface area contributed by atoms with Gasteiger partial charge in [-0.05, 0) is 50.3 Å². The molecule has 0 amide bonds. The summed E-state index contributed by atoms with van der Waals surface area (Å²) < 4.78 is 5.57. The van der Waals surface area contributed by atoms with Gasteiger partial charge >= 0.3 is 0 Å². The van der Waals surface area contributed by atoms with Crippen molar-refractivity contribution >= 4 is 12.0 Å². The van der Waals surface area contributed by atoms with Crippen LogP contribution in [-0.2, 0) is 0 Å². The molecule has 3 nitrogen and oxygen atoms in total. The fourth-order valence-electron chi connectivity index (χ4n) is 3.45. The van der Waals surface area contributed by atoms with Crippen LogP contribution in [0.1, 0.15) is 62.4 Å². The first-order valence-corrected chi connectivity index (χ1v) is 7.39. The van der Waals surface area contributed by atoms with Crippen LogP contribution in [0.25, 0.3) is 0 Å². The summed E-state index contributed by atoms with van der Waals surface area (Å²) >= 11 is 0. The van der Waals surface area contributed by atoms with E-state index in [1.165, 1.54) is 11.3 Å². The van der Waals surface area contributed by atoms with Crippen LogP contribution in [-0.4, -0.2) is 25.5 Å². The predicted octanol–water partition coefficient (Wildman–Crippen LogP) is 4.01. The van der Waals surface area contributed by atoms with Crippen molar-refractivity contribution in [3.63, 3.8) is 0 Å². The molecule has 0 saturated heterocycles. The average molecular weight is 275 g/mol. The number of hydrogen-bond donors (Lipinski definition) is 0. The summed E-state index contributed by atoms with van der Waals surface area (Å²) in [5, 5.41) is 0. The molecule has 2 rings (SSSR count). The van der Waals surface area contributed by atoms with Crippen LogP contribution in [0.5, 0.6) is 5.75 Å². The van der Waals surface area contributed by atoms with E-state index in [0.717, 1.165) is 31.4 Å². The first-order chi connectivity index (χ1) is 9.44. The third kappa shape index (κ3) is 2.41. The lowest BCUT2D eigenvalue weighted by molar-refractivity contribution is 0.112. The number of benzene rings is 1. The molecule has 0 radical (unpaired) electrons. The monoisotopic (exact) mass is 275 g/mol. The number of aldehydes is 1. The lowest BCUT2D eigenvalue weighted by atomic mass is 9.79. The summed E-state index contributed by atoms with van der Waals surface area (Å²) in [7, 11) is 1.68. The summed E-state index contributed by atoms with van der Waals surface area (Å²) in [4.78, 5) is 13.6. The smallest absolute Gasteiger partial charge is 0.150 e. The van der Waals surface area contributed by atoms with Gasteiger partial charge in [-0.15, -0.1) is 0 Å². The van der Waals surface area contributed by atoms with Crippen LogP contribution in [0.15, 0.2) is 12.1 Å². The predicted molar refractivity (Wildman–Crippen MR) is 83.1 cm³/mol. The Morgan fingerprint density at radius 3 is 2.70 bits per heavy atom. The van der Waals surface area contributed by atoms with Gasteiger partial charge in [0.25, 0.3) is 0 Å². The molecule has 0 aliphatic carbocycles. The van der Waals surface area contributed by atoms with E-state index in [4.69, 9.17) is 4.74 Å². The highest BCUT2D eigenvalue weighted by molar-refractivity contribution is 5.81. The molecule has 110 valence electrons. The van der Waals surface area contributed by atoms with Crippen LogP contribution in [0.2, 0.25) is 0 Å². The summed E-state index contributed by atoms with van der Waals surface area (Å²) in [6.07, 6.45) is 3.08. The topological polar surface area (TPSA) is 29.5 Å². The maximum atomic E-state index is 11.1. The summed E-state index contributed by atoms with van der Waals surface area (Å²) in [6.45, 7) is 10.0. The Bertz CT molecular complexity index is 508. The number of carbonyl (C=O) groups is 1. The fraction of sp³-hybridized carbons (Fsp3) is 0.588. The highest BCUT2D eigenvalue weighted by Crippen LogP contribution is 2.48. The van der Waals surface area contributed by atoms with Gasteiger partial charge in [-0.3, -0.25) is 4.79 Å². The van der Waals surface area contributed by atoms with Crippen molar-refractivity contribution in [3.8, 4) is 5.75 Å². The van der Waals surface area contributed by atoms with E-state index in [2.05, 4.69) is 32.6 Å². The van der Waals surface area contributed by atoms with Gasteiger partial charge in [0.1, 0.15) is 12.0 Å². The molecule has 0 fully saturated rings. The van der Waals surface area contributed by atoms with Crippen LogP contribution >= 0.6 is 0 Å². The normalized spacial score (nSPS) is 20.4. The van der Waals surface area contributed by atoms with E-state index < -0.39 is 0 Å². The van der Waals surface area contributed by atoms with Crippen LogP contribution < -0.4 is 9.64 Å². The van der Waals surface area contributed by atoms with E-state index >= 15 is 0 Å². The van der Waals surface area contributed by atoms with Gasteiger partial charge in [-0.1, -0.05) is 13.8 Å². The minimum Gasteiger partial charge on any atom is -0.495 e. The molecular weight excluding hydrogens is 250 g/mol. The maximum absolute atomic E-state index is 11.1. The average Bonchev–Trinajstić information content (AvgIpc) is 2.41. The molecule has 0 bridgehead atoms. The van der Waals surface area contributed by atoms with Gasteiger partial charge in [-0.2, -0.15) is 0 Å². The molecule has 0 unspecified atom stereocenters. The largest absolute Gasteiger partial charge is 0.495 e. The van der Waals surface area contributed by atoms with Crippen LogP contribution in [0.3, 0.4) is 0 Å². The summed E-state index contributed by atoms with van der Waals surface area (Å²) in [6, 6.07) is 3.87. The van der Waals surface area contributed by atoms with Gasteiger partial charge in [0.2, 0.25) is 0 Å². The van der Waals surface area contributed by atoms with E-state index in [1.54, 1.807) is 7.11 Å². The number of ether oxygens (including phenoxy) is 1. The van der Waals surface area contributed by atoms with E-state index in [-0.39, 0.29) is 5.54 Å². The number of hydrogen-bond acceptors (Lipinski definition) is 3. The molecule has 1 aromatic rings. The van der Waals surface area contributed by atoms with Gasteiger partial charge in [-0.25, -0.2) is 0 Å². The molecule has 0 saturated carbocycles. The lowest BCUT2D eigenvalue weighted by Crippen LogP contribution is -2.48. The van der Waals surface area contributed by atoms with Crippen LogP contribution in [0.4, 0.5) is 5.69 Å². The molecule has 1 aliphatic rings. The van der Waals surface area contributed by atoms with Crippen molar-refractivity contribution in [2.45, 2.75) is 52.0 Å². The highest BCUT2D eigenvalue weighted by atomic mass is 16.5. The van der Waals surface area contributed by atoms with Crippen molar-refractivity contribution in [3.05, 3.63) is 23.3 Å². The van der Waals surface area contributed by atoms with Gasteiger partial charge in [0.15, 0.2) is 0 Å². The Kier molecular flexibility index (Phi) is 4.07. The van der Waals surface area contributed by atoms with Crippen molar-refractivity contribution in [2.75, 3.05) is 18.6 Å². The Labute approximate surface area is 121 Å². The number of methoxy groups -OCH3 is 1. The Morgan fingerprint density at radius 1 is 1.45 bits per heavy atom. The zero-order valence-electron chi connectivity index (χ0n) is 13.2. The molecule has 1 heterocycles. The lowest BCUT2D eigenvalue weighted by Gasteiger charge is -2.48. The van der Waals surface area contributed by atoms with Crippen molar-refractivity contribution in [1.82, 2.24) is 0 Å². The fourth-order valence-corrected chi connectivity index (χ4v) is 3.45. The van der Waals surface area contributed by atoms with Gasteiger partial charge < -0.3 is 9.64 Å². The quantitative estimate of drug-likeness (QED) is 0.778. The molecule has 1 aliphatic heterocycles. The van der Waals surface area contributed by atoms with Crippen molar-refractivity contribution in [2.24, 2.45) is 0 Å². The van der Waals surface area contributed by atoms with E-state index in [1.807, 2.05) is 12.1 Å². The SMILES string of the molecule is CCCN1c2c(OC)cc(C=O)cc2[C@H](C)CC1(C)C. The molecule has 3 heteroatoms. The Hall–Kier alpha value is -1.51. The second-order valence-electron chi connectivity index (χ2n) is 6.35. The molecule has 1 aromatic carbocycles.